The molecule has 6 nitrogen and oxygen atoms in total. The van der Waals surface area contributed by atoms with Crippen LogP contribution in [0, 0.1) is 11.3 Å². The van der Waals surface area contributed by atoms with Gasteiger partial charge in [-0.25, -0.2) is 0 Å². The Balaban J connectivity index is 1.73. The van der Waals surface area contributed by atoms with Gasteiger partial charge in [-0.05, 0) is 11.6 Å². The van der Waals surface area contributed by atoms with E-state index in [2.05, 4.69) is 0 Å². The van der Waals surface area contributed by atoms with Crippen LogP contribution in [-0.4, -0.2) is 58.9 Å². The minimum atomic E-state index is -4.49. The van der Waals surface area contributed by atoms with Crippen molar-refractivity contribution in [3.05, 3.63) is 35.4 Å². The van der Waals surface area contributed by atoms with E-state index in [0.717, 1.165) is 12.1 Å². The van der Waals surface area contributed by atoms with E-state index in [1.54, 1.807) is 0 Å². The minimum Gasteiger partial charge on any atom is -0.481 e. The maximum absolute atomic E-state index is 12.8. The topological polar surface area (TPSA) is 77.9 Å². The number of aliphatic carboxylic acids is 1. The van der Waals surface area contributed by atoms with Crippen LogP contribution in [0.4, 0.5) is 13.2 Å². The summed E-state index contributed by atoms with van der Waals surface area (Å²) in [5, 5.41) is 9.69. The third kappa shape index (κ3) is 3.50. The van der Waals surface area contributed by atoms with Crippen molar-refractivity contribution >= 4 is 17.8 Å². The molecule has 1 aromatic rings. The Kier molecular flexibility index (Phi) is 4.65. The maximum Gasteiger partial charge on any atom is 0.416 e. The Bertz CT molecular complexity index is 795. The first-order valence-electron chi connectivity index (χ1n) is 8.46. The number of nitrogens with zero attached hydrogens (tertiary/aromatic N) is 2. The fourth-order valence-electron chi connectivity index (χ4n) is 3.94. The molecule has 0 unspecified atom stereocenters. The second-order valence-corrected chi connectivity index (χ2v) is 7.21. The van der Waals surface area contributed by atoms with Gasteiger partial charge in [-0.3, -0.25) is 14.4 Å². The summed E-state index contributed by atoms with van der Waals surface area (Å²) in [4.78, 5) is 38.8. The highest BCUT2D eigenvalue weighted by molar-refractivity contribution is 5.84. The van der Waals surface area contributed by atoms with Crippen LogP contribution in [0.5, 0.6) is 0 Å². The molecule has 2 heterocycles. The molecule has 3 rings (SSSR count). The molecule has 9 heteroatoms. The zero-order valence-corrected chi connectivity index (χ0v) is 14.6. The number of hydrogen-bond acceptors (Lipinski definition) is 3. The molecule has 0 aromatic heterocycles. The van der Waals surface area contributed by atoms with Crippen molar-refractivity contribution in [2.24, 2.45) is 11.3 Å². The van der Waals surface area contributed by atoms with E-state index in [1.807, 2.05) is 0 Å². The van der Waals surface area contributed by atoms with E-state index >= 15 is 0 Å². The Morgan fingerprint density at radius 2 is 1.81 bits per heavy atom. The molecule has 1 aromatic carbocycles. The average molecular weight is 384 g/mol. The number of benzene rings is 1. The zero-order valence-electron chi connectivity index (χ0n) is 14.6. The van der Waals surface area contributed by atoms with Gasteiger partial charge in [0, 0.05) is 39.0 Å². The molecule has 27 heavy (non-hydrogen) atoms. The van der Waals surface area contributed by atoms with Gasteiger partial charge in [0.05, 0.1) is 12.0 Å². The SMILES string of the molecule is CC(=O)N1C[C@@H]2CN(C(=O)Cc3cccc(C(F)(F)F)c3)C[C@]2(C(=O)O)C1. The van der Waals surface area contributed by atoms with Crippen molar-refractivity contribution in [2.75, 3.05) is 26.2 Å². The number of carboxylic acids is 1. The van der Waals surface area contributed by atoms with Crippen LogP contribution in [0.25, 0.3) is 0 Å². The molecule has 0 bridgehead atoms. The van der Waals surface area contributed by atoms with E-state index < -0.39 is 29.0 Å². The lowest BCUT2D eigenvalue weighted by Gasteiger charge is -2.25. The highest BCUT2D eigenvalue weighted by Crippen LogP contribution is 2.43. The van der Waals surface area contributed by atoms with Crippen LogP contribution in [0.15, 0.2) is 24.3 Å². The molecule has 1 N–H and O–H groups in total. The lowest BCUT2D eigenvalue weighted by Crippen LogP contribution is -2.43. The van der Waals surface area contributed by atoms with Gasteiger partial charge in [0.25, 0.3) is 0 Å². The normalized spacial score (nSPS) is 24.8. The maximum atomic E-state index is 12.8. The Morgan fingerprint density at radius 3 is 2.37 bits per heavy atom. The second-order valence-electron chi connectivity index (χ2n) is 7.21. The summed E-state index contributed by atoms with van der Waals surface area (Å²) in [6.07, 6.45) is -4.73. The first kappa shape index (κ1) is 19.2. The van der Waals surface area contributed by atoms with Gasteiger partial charge in [0.1, 0.15) is 5.41 Å². The monoisotopic (exact) mass is 384 g/mol. The highest BCUT2D eigenvalue weighted by Gasteiger charge is 2.59. The minimum absolute atomic E-state index is 0.0374. The van der Waals surface area contributed by atoms with Crippen LogP contribution < -0.4 is 0 Å². The lowest BCUT2D eigenvalue weighted by molar-refractivity contribution is -0.149. The number of halogens is 3. The van der Waals surface area contributed by atoms with Crippen molar-refractivity contribution in [3.63, 3.8) is 0 Å². The Morgan fingerprint density at radius 1 is 1.19 bits per heavy atom. The van der Waals surface area contributed by atoms with Gasteiger partial charge in [0.15, 0.2) is 0 Å². The molecule has 0 radical (unpaired) electrons. The Hall–Kier alpha value is -2.58. The smallest absolute Gasteiger partial charge is 0.416 e. The number of carbonyl (C=O) groups excluding carboxylic acids is 2. The van der Waals surface area contributed by atoms with Crippen molar-refractivity contribution in [2.45, 2.75) is 19.5 Å². The van der Waals surface area contributed by atoms with Gasteiger partial charge in [-0.15, -0.1) is 0 Å². The molecule has 0 saturated carbocycles. The van der Waals surface area contributed by atoms with Crippen LogP contribution in [-0.2, 0) is 27.0 Å². The van der Waals surface area contributed by atoms with Crippen molar-refractivity contribution in [1.29, 1.82) is 0 Å². The molecule has 2 aliphatic rings. The van der Waals surface area contributed by atoms with E-state index in [9.17, 15) is 32.7 Å². The first-order valence-corrected chi connectivity index (χ1v) is 8.46. The Labute approximate surface area is 153 Å². The van der Waals surface area contributed by atoms with Gasteiger partial charge >= 0.3 is 12.1 Å². The van der Waals surface area contributed by atoms with Crippen molar-refractivity contribution in [3.8, 4) is 0 Å². The molecular formula is C18H19F3N2O4. The van der Waals surface area contributed by atoms with E-state index in [0.29, 0.717) is 0 Å². The van der Waals surface area contributed by atoms with Crippen LogP contribution in [0.3, 0.4) is 0 Å². The summed E-state index contributed by atoms with van der Waals surface area (Å²) in [5.41, 5.74) is -1.82. The highest BCUT2D eigenvalue weighted by atomic mass is 19.4. The number of fused-ring (bicyclic) bond motifs is 1. The molecule has 2 amide bonds. The van der Waals surface area contributed by atoms with Gasteiger partial charge in [-0.1, -0.05) is 18.2 Å². The third-order valence-corrected chi connectivity index (χ3v) is 5.44. The molecular weight excluding hydrogens is 365 g/mol. The zero-order chi connectivity index (χ0) is 20.0. The largest absolute Gasteiger partial charge is 0.481 e. The number of alkyl halides is 3. The van der Waals surface area contributed by atoms with Gasteiger partial charge in [0.2, 0.25) is 11.8 Å². The van der Waals surface area contributed by atoms with Crippen LogP contribution in [0.2, 0.25) is 0 Å². The fourth-order valence-corrected chi connectivity index (χ4v) is 3.94. The molecule has 146 valence electrons. The molecule has 2 saturated heterocycles. The van der Waals surface area contributed by atoms with E-state index in [4.69, 9.17) is 0 Å². The molecule has 0 aliphatic carbocycles. The predicted molar refractivity (Wildman–Crippen MR) is 87.5 cm³/mol. The van der Waals surface area contributed by atoms with Gasteiger partial charge < -0.3 is 14.9 Å². The summed E-state index contributed by atoms with van der Waals surface area (Å²) in [6, 6.07) is 4.55. The first-order chi connectivity index (χ1) is 12.5. The molecule has 2 fully saturated rings. The fraction of sp³-hybridized carbons (Fsp3) is 0.500. The number of amides is 2. The quantitative estimate of drug-likeness (QED) is 0.860. The van der Waals surface area contributed by atoms with E-state index in [1.165, 1.54) is 28.9 Å². The predicted octanol–water partition coefficient (Wildman–Crippen LogP) is 1.64. The number of carboxylic acid groups (broad SMARTS) is 1. The molecule has 0 spiro atoms. The number of carbonyl (C=O) groups is 3. The summed E-state index contributed by atoms with van der Waals surface area (Å²) in [6.45, 7) is 1.79. The van der Waals surface area contributed by atoms with Crippen molar-refractivity contribution in [1.82, 2.24) is 9.80 Å². The average Bonchev–Trinajstić information content (AvgIpc) is 3.09. The molecule has 2 aliphatic heterocycles. The molecule has 2 atom stereocenters. The number of rotatable bonds is 3. The summed E-state index contributed by atoms with van der Waals surface area (Å²) >= 11 is 0. The second kappa shape index (κ2) is 6.54. The van der Waals surface area contributed by atoms with Crippen LogP contribution >= 0.6 is 0 Å². The number of hydrogen-bond donors (Lipinski definition) is 1. The lowest BCUT2D eigenvalue weighted by atomic mass is 9.81. The van der Waals surface area contributed by atoms with E-state index in [-0.39, 0.29) is 50.0 Å². The van der Waals surface area contributed by atoms with Crippen LogP contribution in [0.1, 0.15) is 18.1 Å². The third-order valence-electron chi connectivity index (χ3n) is 5.44. The van der Waals surface area contributed by atoms with Gasteiger partial charge in [-0.2, -0.15) is 13.2 Å². The summed E-state index contributed by atoms with van der Waals surface area (Å²) < 4.78 is 38.4. The summed E-state index contributed by atoms with van der Waals surface area (Å²) in [5.74, 6) is -2.08. The number of likely N-dealkylation sites (tertiary alicyclic amines) is 2. The summed E-state index contributed by atoms with van der Waals surface area (Å²) in [7, 11) is 0. The van der Waals surface area contributed by atoms with Crippen molar-refractivity contribution < 1.29 is 32.7 Å². The standard InChI is InChI=1S/C18H19F3N2O4/c1-11(24)22-7-14-8-23(10-17(14,9-22)16(26)27)15(25)6-12-3-2-4-13(5-12)18(19,20)21/h2-5,14H,6-10H2,1H3,(H,26,27)/t14-,17-/m1/s1.